The van der Waals surface area contributed by atoms with Crippen LogP contribution in [0.4, 0.5) is 27.5 Å². The number of amides is 1. The smallest absolute Gasteiger partial charge is 0.260 e. The zero-order valence-corrected chi connectivity index (χ0v) is 23.3. The molecule has 2 aliphatic heterocycles. The molecular formula is C26H35FN6O6S. The molecule has 0 radical (unpaired) electrons. The topological polar surface area (TPSA) is 146 Å². The second-order valence-corrected chi connectivity index (χ2v) is 12.4. The number of carbonyl (C=O) groups excluding carboxylic acids is 1. The van der Waals surface area contributed by atoms with Crippen LogP contribution in [0.15, 0.2) is 24.4 Å². The first-order valence-electron chi connectivity index (χ1n) is 13.4. The molecule has 5 rings (SSSR count). The molecule has 1 amide bonds. The van der Waals surface area contributed by atoms with Crippen molar-refractivity contribution in [1.82, 2.24) is 9.97 Å². The molecule has 218 valence electrons. The average molecular weight is 579 g/mol. The van der Waals surface area contributed by atoms with Crippen LogP contribution in [0.3, 0.4) is 0 Å². The third kappa shape index (κ3) is 6.56. The highest BCUT2D eigenvalue weighted by Crippen LogP contribution is 2.54. The minimum atomic E-state index is -3.79. The Balaban J connectivity index is 1.41. The summed E-state index contributed by atoms with van der Waals surface area (Å²) in [5.41, 5.74) is 1.23. The Labute approximate surface area is 232 Å². The van der Waals surface area contributed by atoms with Crippen LogP contribution in [-0.4, -0.2) is 87.5 Å². The number of pyridine rings is 2. The van der Waals surface area contributed by atoms with Gasteiger partial charge in [-0.1, -0.05) is 0 Å². The molecule has 1 spiro atoms. The number of aliphatic hydroxyl groups is 1. The van der Waals surface area contributed by atoms with Gasteiger partial charge in [0.05, 0.1) is 36.3 Å². The number of piperidine rings is 1. The number of nitrogens with one attached hydrogen (secondary N) is 2. The number of carbonyl (C=O) groups is 1. The molecule has 1 saturated carbocycles. The van der Waals surface area contributed by atoms with Crippen molar-refractivity contribution in [3.63, 3.8) is 0 Å². The fourth-order valence-electron chi connectivity index (χ4n) is 5.26. The molecule has 3 aliphatic rings. The van der Waals surface area contributed by atoms with E-state index in [2.05, 4.69) is 24.9 Å². The van der Waals surface area contributed by atoms with E-state index < -0.39 is 35.2 Å². The molecule has 2 aromatic rings. The predicted molar refractivity (Wildman–Crippen MR) is 148 cm³/mol. The van der Waals surface area contributed by atoms with E-state index in [1.807, 2.05) is 11.8 Å². The lowest BCUT2D eigenvalue weighted by molar-refractivity contribution is 0.0526. The van der Waals surface area contributed by atoms with Gasteiger partial charge in [-0.2, -0.15) is 0 Å². The van der Waals surface area contributed by atoms with Gasteiger partial charge >= 0.3 is 0 Å². The largest absolute Gasteiger partial charge is 0.459 e. The Hall–Kier alpha value is -3.23. The third-order valence-electron chi connectivity index (χ3n) is 7.70. The molecule has 40 heavy (non-hydrogen) atoms. The normalized spacial score (nSPS) is 20.3. The number of hydrogen-bond acceptors (Lipinski definition) is 10. The number of ether oxygens (including phenoxy) is 2. The van der Waals surface area contributed by atoms with Crippen molar-refractivity contribution in [2.45, 2.75) is 38.7 Å². The molecule has 12 nitrogen and oxygen atoms in total. The summed E-state index contributed by atoms with van der Waals surface area (Å²) in [5.74, 6) is 0.0613. The standard InChI is InChI=1S/C26H35FN6O6S/c1-18-16-33(10-12-38-18)24-21(39-17-27)2-3-22(29-24)30-25(35)19-15-28-23(31-40(36,37)13-11-34)14-20(19)32-8-6-26(4-5-26)7-9-32/h2-3,14-15,18,34H,4-13,16-17H2,1H3,(H,28,31)(H,29,30,35)/t18-/m1/s1. The number of morpholine rings is 1. The Morgan fingerprint density at radius 3 is 2.65 bits per heavy atom. The second kappa shape index (κ2) is 11.7. The Morgan fingerprint density at radius 2 is 1.98 bits per heavy atom. The number of aliphatic hydroxyl groups excluding tert-OH is 1. The van der Waals surface area contributed by atoms with Crippen LogP contribution in [0.5, 0.6) is 5.75 Å². The van der Waals surface area contributed by atoms with E-state index in [9.17, 15) is 17.6 Å². The van der Waals surface area contributed by atoms with Gasteiger partial charge in [-0.05, 0) is 50.2 Å². The maximum Gasteiger partial charge on any atom is 0.260 e. The Morgan fingerprint density at radius 1 is 1.20 bits per heavy atom. The maximum absolute atomic E-state index is 13.6. The molecule has 4 heterocycles. The highest BCUT2D eigenvalue weighted by Gasteiger charge is 2.44. The van der Waals surface area contributed by atoms with E-state index in [-0.39, 0.29) is 29.1 Å². The molecule has 2 aromatic heterocycles. The highest BCUT2D eigenvalue weighted by atomic mass is 32.2. The molecule has 1 aliphatic carbocycles. The molecular weight excluding hydrogens is 543 g/mol. The first-order valence-corrected chi connectivity index (χ1v) is 15.1. The van der Waals surface area contributed by atoms with Gasteiger partial charge in [0.15, 0.2) is 11.6 Å². The van der Waals surface area contributed by atoms with Gasteiger partial charge in [-0.25, -0.2) is 22.8 Å². The molecule has 14 heteroatoms. The summed E-state index contributed by atoms with van der Waals surface area (Å²) in [7, 11) is -3.79. The van der Waals surface area contributed by atoms with Crippen LogP contribution in [0.2, 0.25) is 0 Å². The number of hydrogen-bond donors (Lipinski definition) is 3. The van der Waals surface area contributed by atoms with Crippen LogP contribution in [0.1, 0.15) is 43.0 Å². The number of rotatable bonds is 10. The Kier molecular flexibility index (Phi) is 8.29. The first-order chi connectivity index (χ1) is 19.2. The van der Waals surface area contributed by atoms with E-state index in [1.54, 1.807) is 18.2 Å². The second-order valence-electron chi connectivity index (χ2n) is 10.6. The molecule has 1 atom stereocenters. The zero-order chi connectivity index (χ0) is 28.3. The van der Waals surface area contributed by atoms with E-state index in [0.29, 0.717) is 36.6 Å². The fraction of sp³-hybridized carbons (Fsp3) is 0.577. The van der Waals surface area contributed by atoms with Crippen molar-refractivity contribution in [2.24, 2.45) is 5.41 Å². The highest BCUT2D eigenvalue weighted by molar-refractivity contribution is 7.92. The van der Waals surface area contributed by atoms with Crippen molar-refractivity contribution in [3.8, 4) is 5.75 Å². The predicted octanol–water partition coefficient (Wildman–Crippen LogP) is 2.37. The molecule has 0 bridgehead atoms. The molecule has 0 unspecified atom stereocenters. The SMILES string of the molecule is C[C@@H]1CN(c2nc(NC(=O)c3cnc(NS(=O)(=O)CCO)cc3N3CCC4(CC3)CC4)ccc2OCF)CCO1. The van der Waals surface area contributed by atoms with Gasteiger partial charge in [0.1, 0.15) is 11.6 Å². The van der Waals surface area contributed by atoms with Gasteiger partial charge in [0.2, 0.25) is 16.9 Å². The number of aromatic nitrogens is 2. The van der Waals surface area contributed by atoms with Crippen LogP contribution < -0.4 is 24.6 Å². The van der Waals surface area contributed by atoms with Crippen LogP contribution >= 0.6 is 0 Å². The van der Waals surface area contributed by atoms with Crippen molar-refractivity contribution in [2.75, 3.05) is 71.8 Å². The number of alkyl halides is 1. The number of nitrogens with zero attached hydrogens (tertiary/aromatic N) is 4. The summed E-state index contributed by atoms with van der Waals surface area (Å²) in [6, 6.07) is 4.66. The Bertz CT molecular complexity index is 1330. The summed E-state index contributed by atoms with van der Waals surface area (Å²) < 4.78 is 50.7. The van der Waals surface area contributed by atoms with E-state index >= 15 is 0 Å². The average Bonchev–Trinajstić information content (AvgIpc) is 3.68. The monoisotopic (exact) mass is 578 g/mol. The molecule has 3 fully saturated rings. The minimum Gasteiger partial charge on any atom is -0.459 e. The van der Waals surface area contributed by atoms with Gasteiger partial charge in [-0.3, -0.25) is 9.52 Å². The maximum atomic E-state index is 13.6. The van der Waals surface area contributed by atoms with Crippen molar-refractivity contribution in [1.29, 1.82) is 0 Å². The number of anilines is 4. The summed E-state index contributed by atoms with van der Waals surface area (Å²) >= 11 is 0. The van der Waals surface area contributed by atoms with E-state index in [1.165, 1.54) is 19.0 Å². The van der Waals surface area contributed by atoms with Crippen molar-refractivity contribution >= 4 is 39.1 Å². The lowest BCUT2D eigenvalue weighted by Crippen LogP contribution is -2.41. The molecule has 2 saturated heterocycles. The third-order valence-corrected chi connectivity index (χ3v) is 8.94. The summed E-state index contributed by atoms with van der Waals surface area (Å²) in [4.78, 5) is 26.3. The van der Waals surface area contributed by atoms with E-state index in [4.69, 9.17) is 14.6 Å². The van der Waals surface area contributed by atoms with E-state index in [0.717, 1.165) is 25.9 Å². The van der Waals surface area contributed by atoms with Crippen molar-refractivity contribution in [3.05, 3.63) is 30.0 Å². The van der Waals surface area contributed by atoms with Crippen LogP contribution in [0, 0.1) is 5.41 Å². The number of sulfonamides is 1. The minimum absolute atomic E-state index is 0.0479. The molecule has 0 aromatic carbocycles. The van der Waals surface area contributed by atoms with Crippen LogP contribution in [0.25, 0.3) is 0 Å². The fourth-order valence-corrected chi connectivity index (χ4v) is 6.04. The molecule has 3 N–H and O–H groups in total. The van der Waals surface area contributed by atoms with Gasteiger partial charge in [0, 0.05) is 38.4 Å². The summed E-state index contributed by atoms with van der Waals surface area (Å²) in [6.07, 6.45) is 5.73. The van der Waals surface area contributed by atoms with Gasteiger partial charge < -0.3 is 29.7 Å². The van der Waals surface area contributed by atoms with Crippen molar-refractivity contribution < 1.29 is 32.2 Å². The zero-order valence-electron chi connectivity index (χ0n) is 22.4. The number of halogens is 1. The lowest BCUT2D eigenvalue weighted by Gasteiger charge is -2.35. The first kappa shape index (κ1) is 28.3. The summed E-state index contributed by atoms with van der Waals surface area (Å²) in [5, 5.41) is 11.9. The summed E-state index contributed by atoms with van der Waals surface area (Å²) in [6.45, 7) is 3.42. The van der Waals surface area contributed by atoms with Crippen LogP contribution in [-0.2, 0) is 14.8 Å². The van der Waals surface area contributed by atoms with Gasteiger partial charge in [0.25, 0.3) is 5.91 Å². The quantitative estimate of drug-likeness (QED) is 0.384. The van der Waals surface area contributed by atoms with Gasteiger partial charge in [-0.15, -0.1) is 0 Å². The lowest BCUT2D eigenvalue weighted by atomic mass is 9.93.